The molecule has 3 rings (SSSR count). The van der Waals surface area contributed by atoms with Gasteiger partial charge in [0.15, 0.2) is 0 Å². The highest BCUT2D eigenvalue weighted by Crippen LogP contribution is 2.26. The summed E-state index contributed by atoms with van der Waals surface area (Å²) in [4.78, 5) is 17.3. The van der Waals surface area contributed by atoms with Gasteiger partial charge in [0.25, 0.3) is 11.6 Å². The number of nitrogens with zero attached hydrogens (tertiary/aromatic N) is 2. The van der Waals surface area contributed by atoms with E-state index in [-0.39, 0.29) is 11.8 Å². The van der Waals surface area contributed by atoms with E-state index in [2.05, 4.69) is 15.5 Å². The predicted octanol–water partition coefficient (Wildman–Crippen LogP) is 4.05. The Labute approximate surface area is 146 Å². The SMILES string of the molecule is COCc1cccc(NC(=O)c2cc(C(C)C)nc3onc(C)c23)c1. The first kappa shape index (κ1) is 17.1. The number of rotatable bonds is 5. The smallest absolute Gasteiger partial charge is 0.259 e. The molecule has 25 heavy (non-hydrogen) atoms. The maximum atomic E-state index is 12.9. The molecule has 6 heteroatoms. The average molecular weight is 339 g/mol. The first-order valence-electron chi connectivity index (χ1n) is 8.15. The summed E-state index contributed by atoms with van der Waals surface area (Å²) < 4.78 is 10.4. The van der Waals surface area contributed by atoms with Gasteiger partial charge < -0.3 is 14.6 Å². The van der Waals surface area contributed by atoms with Gasteiger partial charge in [-0.1, -0.05) is 31.1 Å². The molecule has 1 amide bonds. The lowest BCUT2D eigenvalue weighted by atomic mass is 10.0. The van der Waals surface area contributed by atoms with Gasteiger partial charge in [0, 0.05) is 18.5 Å². The lowest BCUT2D eigenvalue weighted by molar-refractivity contribution is 0.102. The lowest BCUT2D eigenvalue weighted by Gasteiger charge is -2.10. The Morgan fingerprint density at radius 1 is 1.32 bits per heavy atom. The zero-order valence-electron chi connectivity index (χ0n) is 14.8. The second-order valence-electron chi connectivity index (χ2n) is 6.29. The number of nitrogens with one attached hydrogen (secondary N) is 1. The van der Waals surface area contributed by atoms with Crippen molar-refractivity contribution in [2.24, 2.45) is 0 Å². The van der Waals surface area contributed by atoms with Crippen LogP contribution in [0, 0.1) is 6.92 Å². The van der Waals surface area contributed by atoms with Crippen molar-refractivity contribution in [2.45, 2.75) is 33.3 Å². The monoisotopic (exact) mass is 339 g/mol. The van der Waals surface area contributed by atoms with Crippen LogP contribution < -0.4 is 5.32 Å². The largest absolute Gasteiger partial charge is 0.380 e. The molecule has 2 heterocycles. The van der Waals surface area contributed by atoms with Crippen LogP contribution in [-0.2, 0) is 11.3 Å². The number of carbonyl (C=O) groups excluding carboxylic acids is 1. The number of hydrogen-bond donors (Lipinski definition) is 1. The van der Waals surface area contributed by atoms with E-state index in [1.165, 1.54) is 0 Å². The zero-order chi connectivity index (χ0) is 18.0. The van der Waals surface area contributed by atoms with E-state index < -0.39 is 0 Å². The van der Waals surface area contributed by atoms with Gasteiger partial charge >= 0.3 is 0 Å². The van der Waals surface area contributed by atoms with Crippen molar-refractivity contribution in [3.05, 3.63) is 52.8 Å². The van der Waals surface area contributed by atoms with E-state index in [9.17, 15) is 4.79 Å². The number of anilines is 1. The Morgan fingerprint density at radius 3 is 2.84 bits per heavy atom. The van der Waals surface area contributed by atoms with Gasteiger partial charge in [0.2, 0.25) is 0 Å². The third-order valence-electron chi connectivity index (χ3n) is 3.97. The summed E-state index contributed by atoms with van der Waals surface area (Å²) in [6.45, 7) is 6.34. The van der Waals surface area contributed by atoms with Gasteiger partial charge in [0.1, 0.15) is 0 Å². The number of aryl methyl sites for hydroxylation is 1. The van der Waals surface area contributed by atoms with Crippen molar-refractivity contribution in [1.29, 1.82) is 0 Å². The molecule has 0 fully saturated rings. The molecule has 0 aliphatic heterocycles. The molecule has 130 valence electrons. The fraction of sp³-hybridized carbons (Fsp3) is 0.316. The molecule has 0 radical (unpaired) electrons. The molecule has 0 bridgehead atoms. The third-order valence-corrected chi connectivity index (χ3v) is 3.97. The van der Waals surface area contributed by atoms with Crippen LogP contribution in [0.5, 0.6) is 0 Å². The molecule has 0 saturated heterocycles. The van der Waals surface area contributed by atoms with E-state index in [0.29, 0.717) is 34.7 Å². The first-order chi connectivity index (χ1) is 12.0. The molecule has 0 aliphatic rings. The second-order valence-corrected chi connectivity index (χ2v) is 6.29. The fourth-order valence-corrected chi connectivity index (χ4v) is 2.69. The molecule has 6 nitrogen and oxygen atoms in total. The molecular weight excluding hydrogens is 318 g/mol. The van der Waals surface area contributed by atoms with E-state index in [1.54, 1.807) is 14.0 Å². The van der Waals surface area contributed by atoms with Crippen LogP contribution in [0.1, 0.15) is 47.1 Å². The fourth-order valence-electron chi connectivity index (χ4n) is 2.69. The minimum Gasteiger partial charge on any atom is -0.380 e. The van der Waals surface area contributed by atoms with E-state index in [0.717, 1.165) is 11.3 Å². The van der Waals surface area contributed by atoms with Gasteiger partial charge in [-0.05, 0) is 36.6 Å². The van der Waals surface area contributed by atoms with Crippen LogP contribution in [0.15, 0.2) is 34.9 Å². The van der Waals surface area contributed by atoms with Crippen molar-refractivity contribution in [1.82, 2.24) is 10.1 Å². The summed E-state index contributed by atoms with van der Waals surface area (Å²) in [7, 11) is 1.64. The van der Waals surface area contributed by atoms with Crippen LogP contribution in [0.4, 0.5) is 5.69 Å². The van der Waals surface area contributed by atoms with Crippen molar-refractivity contribution in [3.63, 3.8) is 0 Å². The average Bonchev–Trinajstić information content (AvgIpc) is 2.96. The number of pyridine rings is 1. The van der Waals surface area contributed by atoms with E-state index >= 15 is 0 Å². The van der Waals surface area contributed by atoms with Crippen LogP contribution in [0.2, 0.25) is 0 Å². The van der Waals surface area contributed by atoms with E-state index in [4.69, 9.17) is 9.26 Å². The highest BCUT2D eigenvalue weighted by molar-refractivity contribution is 6.12. The summed E-state index contributed by atoms with van der Waals surface area (Å²) in [5, 5.41) is 7.54. The lowest BCUT2D eigenvalue weighted by Crippen LogP contribution is -2.14. The number of benzene rings is 1. The van der Waals surface area contributed by atoms with Gasteiger partial charge in [0.05, 0.1) is 23.3 Å². The second kappa shape index (κ2) is 7.03. The van der Waals surface area contributed by atoms with E-state index in [1.807, 2.05) is 44.2 Å². The Hall–Kier alpha value is -2.73. The Morgan fingerprint density at radius 2 is 2.12 bits per heavy atom. The molecular formula is C19H21N3O3. The topological polar surface area (TPSA) is 77.2 Å². The van der Waals surface area contributed by atoms with Gasteiger partial charge in [-0.25, -0.2) is 4.98 Å². The number of amides is 1. The minimum atomic E-state index is -0.213. The highest BCUT2D eigenvalue weighted by atomic mass is 16.5. The molecule has 0 unspecified atom stereocenters. The van der Waals surface area contributed by atoms with Gasteiger partial charge in [-0.2, -0.15) is 0 Å². The molecule has 0 spiro atoms. The third kappa shape index (κ3) is 3.53. The number of aromatic nitrogens is 2. The predicted molar refractivity (Wildman–Crippen MR) is 95.7 cm³/mol. The van der Waals surface area contributed by atoms with Crippen LogP contribution in [0.25, 0.3) is 11.1 Å². The standard InChI is InChI=1S/C19H21N3O3/c1-11(2)16-9-15(17-12(3)22-25-19(17)21-16)18(23)20-14-7-5-6-13(8-14)10-24-4/h5-9,11H,10H2,1-4H3,(H,20,23). The van der Waals surface area contributed by atoms with Crippen LogP contribution in [-0.4, -0.2) is 23.2 Å². The molecule has 3 aromatic rings. The zero-order valence-corrected chi connectivity index (χ0v) is 14.8. The number of carbonyl (C=O) groups is 1. The molecule has 1 aromatic carbocycles. The molecule has 0 atom stereocenters. The summed E-state index contributed by atoms with van der Waals surface area (Å²) in [6, 6.07) is 9.38. The van der Waals surface area contributed by atoms with Crippen molar-refractivity contribution < 1.29 is 14.1 Å². The Kier molecular flexibility index (Phi) is 4.81. The highest BCUT2D eigenvalue weighted by Gasteiger charge is 2.19. The summed E-state index contributed by atoms with van der Waals surface area (Å²) >= 11 is 0. The summed E-state index contributed by atoms with van der Waals surface area (Å²) in [5.41, 5.74) is 4.05. The maximum Gasteiger partial charge on any atom is 0.259 e. The molecule has 0 aliphatic carbocycles. The number of fused-ring (bicyclic) bond motifs is 1. The Balaban J connectivity index is 1.99. The normalized spacial score (nSPS) is 11.2. The number of hydrogen-bond acceptors (Lipinski definition) is 5. The molecule has 2 aromatic heterocycles. The van der Waals surface area contributed by atoms with Crippen molar-refractivity contribution in [3.8, 4) is 0 Å². The minimum absolute atomic E-state index is 0.173. The van der Waals surface area contributed by atoms with Crippen molar-refractivity contribution in [2.75, 3.05) is 12.4 Å². The van der Waals surface area contributed by atoms with Gasteiger partial charge in [-0.15, -0.1) is 0 Å². The quantitative estimate of drug-likeness (QED) is 0.758. The van der Waals surface area contributed by atoms with Gasteiger partial charge in [-0.3, -0.25) is 4.79 Å². The number of ether oxygens (including phenoxy) is 1. The Bertz CT molecular complexity index is 915. The number of methoxy groups -OCH3 is 1. The van der Waals surface area contributed by atoms with Crippen molar-refractivity contribution >= 4 is 22.7 Å². The van der Waals surface area contributed by atoms with Crippen LogP contribution >= 0.6 is 0 Å². The maximum absolute atomic E-state index is 12.9. The molecule has 1 N–H and O–H groups in total. The first-order valence-corrected chi connectivity index (χ1v) is 8.15. The summed E-state index contributed by atoms with van der Waals surface area (Å²) in [5.74, 6) is -0.0402. The summed E-state index contributed by atoms with van der Waals surface area (Å²) in [6.07, 6.45) is 0. The molecule has 0 saturated carbocycles. The van der Waals surface area contributed by atoms with Crippen LogP contribution in [0.3, 0.4) is 0 Å².